The summed E-state index contributed by atoms with van der Waals surface area (Å²) in [6.07, 6.45) is -0.0264. The Morgan fingerprint density at radius 3 is 2.39 bits per heavy atom. The number of allylic oxidation sites excluding steroid dienone is 1. The summed E-state index contributed by atoms with van der Waals surface area (Å²) in [5.74, 6) is -2.65. The largest absolute Gasteiger partial charge is 0.463 e. The van der Waals surface area contributed by atoms with Crippen LogP contribution in [-0.2, 0) is 28.5 Å². The molecule has 0 aromatic carbocycles. The number of esters is 2. The molecule has 5 atom stereocenters. The molecule has 28 heavy (non-hydrogen) atoms. The van der Waals surface area contributed by atoms with Gasteiger partial charge in [0.1, 0.15) is 24.9 Å². The third-order valence-corrected chi connectivity index (χ3v) is 4.09. The second-order valence-electron chi connectivity index (χ2n) is 5.66. The van der Waals surface area contributed by atoms with Crippen LogP contribution in [0.3, 0.4) is 0 Å². The molecule has 1 saturated heterocycles. The average Bonchev–Trinajstić information content (AvgIpc) is 2.57. The van der Waals surface area contributed by atoms with E-state index in [1.165, 1.54) is 13.8 Å². The fraction of sp³-hybridized carbons (Fsp3) is 0.667. The Morgan fingerprint density at radius 1 is 1.29 bits per heavy atom. The molecule has 1 heterocycles. The maximum Gasteiger partial charge on any atom is 0.302 e. The number of rotatable bonds is 6. The van der Waals surface area contributed by atoms with Crippen molar-refractivity contribution >= 4 is 52.6 Å². The smallest absolute Gasteiger partial charge is 0.302 e. The van der Waals surface area contributed by atoms with Crippen molar-refractivity contribution in [1.82, 2.24) is 0 Å². The second kappa shape index (κ2) is 10.7. The van der Waals surface area contributed by atoms with Gasteiger partial charge >= 0.3 is 11.9 Å². The Balaban J connectivity index is 3.32. The van der Waals surface area contributed by atoms with Gasteiger partial charge < -0.3 is 18.9 Å². The monoisotopic (exact) mass is 456 g/mol. The van der Waals surface area contributed by atoms with Crippen LogP contribution < -0.4 is 0 Å². The molecule has 0 bridgehead atoms. The number of hydrogen-bond donors (Lipinski definition) is 1. The first-order valence-electron chi connectivity index (χ1n) is 7.96. The van der Waals surface area contributed by atoms with Crippen LogP contribution in [0.25, 0.3) is 10.4 Å². The van der Waals surface area contributed by atoms with Crippen LogP contribution >= 0.6 is 34.8 Å². The molecule has 0 aromatic heterocycles. The summed E-state index contributed by atoms with van der Waals surface area (Å²) in [6.45, 7) is 3.89. The van der Waals surface area contributed by atoms with Crippen molar-refractivity contribution in [2.75, 3.05) is 6.61 Å². The molecule has 3 unspecified atom stereocenters. The first-order chi connectivity index (χ1) is 13.0. The van der Waals surface area contributed by atoms with Gasteiger partial charge in [-0.25, -0.2) is 0 Å². The molecule has 0 aromatic rings. The zero-order valence-corrected chi connectivity index (χ0v) is 17.4. The molecule has 0 spiro atoms. The topological polar surface area (TPSA) is 144 Å². The molecule has 1 aliphatic rings. The summed E-state index contributed by atoms with van der Waals surface area (Å²) in [5.41, 5.74) is 8.93. The number of nitrogens with one attached hydrogen (secondary N) is 1. The SMILES string of the molecule is CC=C[C@@H]1C(COC(C)=O)OC(OC(=N)C(Cl)(Cl)Cl)C(N=[N+]=[N-])[C@H]1OC(C)=O. The van der Waals surface area contributed by atoms with Crippen LogP contribution in [0.4, 0.5) is 0 Å². The zero-order chi connectivity index (χ0) is 21.5. The molecule has 0 radical (unpaired) electrons. The van der Waals surface area contributed by atoms with Gasteiger partial charge in [-0.15, -0.1) is 0 Å². The van der Waals surface area contributed by atoms with Crippen molar-refractivity contribution in [3.8, 4) is 0 Å². The van der Waals surface area contributed by atoms with E-state index in [1.807, 2.05) is 0 Å². The predicted molar refractivity (Wildman–Crippen MR) is 101 cm³/mol. The first kappa shape index (κ1) is 24.3. The number of carbonyl (C=O) groups excluding carboxylic acids is 2. The maximum absolute atomic E-state index is 11.6. The molecular formula is C15H19Cl3N4O6. The summed E-state index contributed by atoms with van der Waals surface area (Å²) < 4.78 is 19.1. The average molecular weight is 458 g/mol. The Bertz CT molecular complexity index is 677. The van der Waals surface area contributed by atoms with E-state index >= 15 is 0 Å². The number of hydrogen-bond acceptors (Lipinski definition) is 8. The number of azide groups is 1. The summed E-state index contributed by atoms with van der Waals surface area (Å²) in [7, 11) is 0. The second-order valence-corrected chi connectivity index (χ2v) is 7.94. The van der Waals surface area contributed by atoms with E-state index in [1.54, 1.807) is 19.1 Å². The number of halogens is 3. The lowest BCUT2D eigenvalue weighted by Crippen LogP contribution is -2.57. The molecule has 156 valence electrons. The van der Waals surface area contributed by atoms with E-state index < -0.39 is 52.1 Å². The lowest BCUT2D eigenvalue weighted by molar-refractivity contribution is -0.228. The lowest BCUT2D eigenvalue weighted by Gasteiger charge is -2.43. The van der Waals surface area contributed by atoms with Crippen LogP contribution in [0.1, 0.15) is 20.8 Å². The van der Waals surface area contributed by atoms with Crippen LogP contribution in [0.2, 0.25) is 0 Å². The minimum atomic E-state index is -2.20. The Hall–Kier alpha value is -1.71. The van der Waals surface area contributed by atoms with Crippen LogP contribution in [0.15, 0.2) is 17.3 Å². The van der Waals surface area contributed by atoms with Gasteiger partial charge in [0, 0.05) is 24.7 Å². The third kappa shape index (κ3) is 7.03. The fourth-order valence-corrected chi connectivity index (χ4v) is 2.68. The first-order valence-corrected chi connectivity index (χ1v) is 9.10. The molecule has 1 aliphatic heterocycles. The maximum atomic E-state index is 11.6. The molecule has 0 aliphatic carbocycles. The Morgan fingerprint density at radius 2 is 1.93 bits per heavy atom. The predicted octanol–water partition coefficient (Wildman–Crippen LogP) is 3.44. The van der Waals surface area contributed by atoms with Gasteiger partial charge in [0.05, 0.1) is 0 Å². The highest BCUT2D eigenvalue weighted by Gasteiger charge is 2.49. The number of nitrogens with zero attached hydrogens (tertiary/aromatic N) is 3. The zero-order valence-electron chi connectivity index (χ0n) is 15.2. The van der Waals surface area contributed by atoms with Crippen molar-refractivity contribution in [1.29, 1.82) is 5.41 Å². The molecular weight excluding hydrogens is 439 g/mol. The summed E-state index contributed by atoms with van der Waals surface area (Å²) in [5, 5.41) is 11.3. The normalized spacial score (nSPS) is 27.6. The summed E-state index contributed by atoms with van der Waals surface area (Å²) in [4.78, 5) is 25.5. The van der Waals surface area contributed by atoms with Crippen LogP contribution in [0.5, 0.6) is 0 Å². The Kier molecular flexibility index (Phi) is 9.32. The van der Waals surface area contributed by atoms with Crippen molar-refractivity contribution in [3.63, 3.8) is 0 Å². The summed E-state index contributed by atoms with van der Waals surface area (Å²) >= 11 is 16.9. The van der Waals surface area contributed by atoms with E-state index in [2.05, 4.69) is 10.0 Å². The molecule has 0 amide bonds. The quantitative estimate of drug-likeness (QED) is 0.0945. The number of ether oxygens (including phenoxy) is 4. The van der Waals surface area contributed by atoms with E-state index in [0.717, 1.165) is 0 Å². The highest BCUT2D eigenvalue weighted by molar-refractivity contribution is 6.76. The van der Waals surface area contributed by atoms with Gasteiger partial charge in [-0.3, -0.25) is 15.0 Å². The van der Waals surface area contributed by atoms with Gasteiger partial charge in [-0.2, -0.15) is 0 Å². The molecule has 13 heteroatoms. The highest BCUT2D eigenvalue weighted by Crippen LogP contribution is 2.35. The van der Waals surface area contributed by atoms with Crippen LogP contribution in [0, 0.1) is 11.3 Å². The van der Waals surface area contributed by atoms with Crippen LogP contribution in [-0.4, -0.2) is 52.8 Å². The molecule has 1 fully saturated rings. The minimum Gasteiger partial charge on any atom is -0.463 e. The highest BCUT2D eigenvalue weighted by atomic mass is 35.6. The minimum absolute atomic E-state index is 0.216. The van der Waals surface area contributed by atoms with Crippen molar-refractivity contribution in [2.24, 2.45) is 11.0 Å². The van der Waals surface area contributed by atoms with Gasteiger partial charge in [0.25, 0.3) is 3.79 Å². The van der Waals surface area contributed by atoms with Gasteiger partial charge in [-0.05, 0) is 12.5 Å². The number of carbonyl (C=O) groups is 2. The van der Waals surface area contributed by atoms with E-state index in [9.17, 15) is 9.59 Å². The van der Waals surface area contributed by atoms with Gasteiger partial charge in [0.15, 0.2) is 0 Å². The Labute approximate surface area is 176 Å². The summed E-state index contributed by atoms with van der Waals surface area (Å²) in [6, 6.07) is -1.21. The van der Waals surface area contributed by atoms with E-state index in [0.29, 0.717) is 0 Å². The van der Waals surface area contributed by atoms with Crippen molar-refractivity contribution in [3.05, 3.63) is 22.6 Å². The van der Waals surface area contributed by atoms with Gasteiger partial charge in [-0.1, -0.05) is 52.1 Å². The molecule has 10 nitrogen and oxygen atoms in total. The third-order valence-electron chi connectivity index (χ3n) is 3.58. The van der Waals surface area contributed by atoms with Gasteiger partial charge in [0.2, 0.25) is 12.2 Å². The molecule has 1 N–H and O–H groups in total. The number of alkyl halides is 3. The fourth-order valence-electron chi connectivity index (χ4n) is 2.54. The van der Waals surface area contributed by atoms with E-state index in [4.69, 9.17) is 64.7 Å². The molecule has 0 saturated carbocycles. The molecule has 1 rings (SSSR count). The lowest BCUT2D eigenvalue weighted by atomic mass is 9.87. The van der Waals surface area contributed by atoms with E-state index in [-0.39, 0.29) is 6.61 Å². The van der Waals surface area contributed by atoms with Crippen molar-refractivity contribution < 1.29 is 28.5 Å². The standard InChI is InChI=1S/C15H19Cl3N4O6/c1-4-5-9-10(6-25-7(2)23)27-13(28-14(19)15(16,17)18)11(21-22-20)12(9)26-8(3)24/h4-5,9-13,19H,6H2,1-3H3/t9-,10?,11?,12+,13?/m1/s1. The van der Waals surface area contributed by atoms with Crippen molar-refractivity contribution in [2.45, 2.75) is 49.1 Å².